The van der Waals surface area contributed by atoms with E-state index in [-0.39, 0.29) is 24.2 Å². The number of carbonyl (C=O) groups excluding carboxylic acids is 2. The molecule has 2 aromatic carbocycles. The first kappa shape index (κ1) is 18.1. The number of nitrogens with one attached hydrogen (secondary N) is 1. The number of amides is 2. The van der Waals surface area contributed by atoms with Gasteiger partial charge >= 0.3 is 0 Å². The van der Waals surface area contributed by atoms with Crippen LogP contribution >= 0.6 is 11.6 Å². The number of fused-ring (bicyclic) bond motifs is 1. The largest absolute Gasteiger partial charge is 0.326 e. The van der Waals surface area contributed by atoms with Crippen molar-refractivity contribution in [3.63, 3.8) is 0 Å². The minimum atomic E-state index is -0.116. The predicted molar refractivity (Wildman–Crippen MR) is 108 cm³/mol. The molecule has 1 aliphatic heterocycles. The highest BCUT2D eigenvalue weighted by Crippen LogP contribution is 2.35. The van der Waals surface area contributed by atoms with Gasteiger partial charge in [0.05, 0.1) is 6.42 Å². The second-order valence-corrected chi connectivity index (χ2v) is 7.79. The number of rotatable bonds is 4. The minimum absolute atomic E-state index is 0.116. The topological polar surface area (TPSA) is 49.4 Å². The SMILES string of the molecule is O=C(Cc1ccccc1Cl)Nc1ccc2c(c1)N(C(=O)C1CCCC1)CC2. The molecule has 2 aromatic rings. The summed E-state index contributed by atoms with van der Waals surface area (Å²) in [5.41, 5.74) is 3.64. The lowest BCUT2D eigenvalue weighted by Crippen LogP contribution is -2.33. The number of nitrogens with zero attached hydrogens (tertiary/aromatic N) is 1. The molecule has 0 bridgehead atoms. The Morgan fingerprint density at radius 2 is 1.89 bits per heavy atom. The average Bonchev–Trinajstić information content (AvgIpc) is 3.32. The van der Waals surface area contributed by atoms with E-state index in [1.807, 2.05) is 41.3 Å². The number of hydrogen-bond donors (Lipinski definition) is 1. The summed E-state index contributed by atoms with van der Waals surface area (Å²) >= 11 is 6.14. The second-order valence-electron chi connectivity index (χ2n) is 7.38. The third-order valence-corrected chi connectivity index (χ3v) is 5.91. The van der Waals surface area contributed by atoms with Crippen LogP contribution in [0.25, 0.3) is 0 Å². The summed E-state index contributed by atoms with van der Waals surface area (Å²) in [6, 6.07) is 13.2. The number of halogens is 1. The maximum atomic E-state index is 12.8. The van der Waals surface area contributed by atoms with Crippen LogP contribution in [0.4, 0.5) is 11.4 Å². The van der Waals surface area contributed by atoms with Crippen LogP contribution in [-0.2, 0) is 22.4 Å². The molecule has 27 heavy (non-hydrogen) atoms. The molecule has 1 aliphatic carbocycles. The Hall–Kier alpha value is -2.33. The molecule has 1 fully saturated rings. The van der Waals surface area contributed by atoms with E-state index in [2.05, 4.69) is 5.32 Å². The molecule has 0 radical (unpaired) electrons. The summed E-state index contributed by atoms with van der Waals surface area (Å²) in [4.78, 5) is 27.2. The highest BCUT2D eigenvalue weighted by molar-refractivity contribution is 6.31. The molecule has 2 aliphatic rings. The van der Waals surface area contributed by atoms with E-state index < -0.39 is 0 Å². The molecule has 0 aromatic heterocycles. The Morgan fingerprint density at radius 1 is 1.11 bits per heavy atom. The summed E-state index contributed by atoms with van der Waals surface area (Å²) in [7, 11) is 0. The number of carbonyl (C=O) groups is 2. The van der Waals surface area contributed by atoms with Crippen molar-refractivity contribution < 1.29 is 9.59 Å². The third kappa shape index (κ3) is 3.86. The van der Waals surface area contributed by atoms with Crippen LogP contribution in [0.5, 0.6) is 0 Å². The summed E-state index contributed by atoms with van der Waals surface area (Å²) in [5.74, 6) is 0.287. The molecule has 2 amide bonds. The fourth-order valence-corrected chi connectivity index (χ4v) is 4.30. The van der Waals surface area contributed by atoms with Gasteiger partial charge < -0.3 is 10.2 Å². The molecule has 1 saturated carbocycles. The summed E-state index contributed by atoms with van der Waals surface area (Å²) in [6.07, 6.45) is 5.39. The van der Waals surface area contributed by atoms with E-state index in [0.29, 0.717) is 5.02 Å². The second kappa shape index (κ2) is 7.73. The first-order valence-electron chi connectivity index (χ1n) is 9.59. The van der Waals surface area contributed by atoms with E-state index in [0.717, 1.165) is 55.6 Å². The highest BCUT2D eigenvalue weighted by Gasteiger charge is 2.31. The van der Waals surface area contributed by atoms with Crippen molar-refractivity contribution >= 4 is 34.8 Å². The maximum Gasteiger partial charge on any atom is 0.230 e. The smallest absolute Gasteiger partial charge is 0.230 e. The van der Waals surface area contributed by atoms with Gasteiger partial charge in [0, 0.05) is 28.9 Å². The zero-order valence-electron chi connectivity index (χ0n) is 15.2. The van der Waals surface area contributed by atoms with Crippen molar-refractivity contribution in [1.82, 2.24) is 0 Å². The van der Waals surface area contributed by atoms with Crippen LogP contribution in [-0.4, -0.2) is 18.4 Å². The lowest BCUT2D eigenvalue weighted by molar-refractivity contribution is -0.122. The Balaban J connectivity index is 1.47. The van der Waals surface area contributed by atoms with Crippen molar-refractivity contribution in [1.29, 1.82) is 0 Å². The van der Waals surface area contributed by atoms with Gasteiger partial charge in [-0.3, -0.25) is 9.59 Å². The molecule has 0 atom stereocenters. The quantitative estimate of drug-likeness (QED) is 0.840. The Kier molecular flexibility index (Phi) is 5.17. The summed E-state index contributed by atoms with van der Waals surface area (Å²) < 4.78 is 0. The van der Waals surface area contributed by atoms with Crippen LogP contribution in [0.3, 0.4) is 0 Å². The van der Waals surface area contributed by atoms with Crippen molar-refractivity contribution in [2.45, 2.75) is 38.5 Å². The molecular formula is C22H23ClN2O2. The molecule has 5 heteroatoms. The molecular weight excluding hydrogens is 360 g/mol. The van der Waals surface area contributed by atoms with Crippen LogP contribution < -0.4 is 10.2 Å². The number of benzene rings is 2. The van der Waals surface area contributed by atoms with Gasteiger partial charge in [-0.2, -0.15) is 0 Å². The number of hydrogen-bond acceptors (Lipinski definition) is 2. The van der Waals surface area contributed by atoms with Crippen LogP contribution in [0.15, 0.2) is 42.5 Å². The first-order chi connectivity index (χ1) is 13.1. The van der Waals surface area contributed by atoms with Crippen LogP contribution in [0, 0.1) is 5.92 Å². The average molecular weight is 383 g/mol. The van der Waals surface area contributed by atoms with Crippen molar-refractivity contribution in [3.8, 4) is 0 Å². The van der Waals surface area contributed by atoms with Crippen LogP contribution in [0.2, 0.25) is 5.02 Å². The van der Waals surface area contributed by atoms with E-state index in [9.17, 15) is 9.59 Å². The van der Waals surface area contributed by atoms with E-state index in [1.165, 1.54) is 5.56 Å². The molecule has 1 N–H and O–H groups in total. The Labute approximate surface area is 164 Å². The van der Waals surface area contributed by atoms with Gasteiger partial charge in [-0.1, -0.05) is 48.7 Å². The molecule has 1 heterocycles. The molecule has 0 unspecified atom stereocenters. The zero-order chi connectivity index (χ0) is 18.8. The molecule has 140 valence electrons. The summed E-state index contributed by atoms with van der Waals surface area (Å²) in [6.45, 7) is 0.738. The Morgan fingerprint density at radius 3 is 2.67 bits per heavy atom. The van der Waals surface area contributed by atoms with Gasteiger partial charge in [0.15, 0.2) is 0 Å². The highest BCUT2D eigenvalue weighted by atomic mass is 35.5. The van der Waals surface area contributed by atoms with Crippen molar-refractivity contribution in [2.75, 3.05) is 16.8 Å². The van der Waals surface area contributed by atoms with Gasteiger partial charge in [0.25, 0.3) is 0 Å². The number of anilines is 2. The van der Waals surface area contributed by atoms with Gasteiger partial charge in [-0.25, -0.2) is 0 Å². The zero-order valence-corrected chi connectivity index (χ0v) is 16.0. The monoisotopic (exact) mass is 382 g/mol. The van der Waals surface area contributed by atoms with Crippen LogP contribution in [0.1, 0.15) is 36.8 Å². The standard InChI is InChI=1S/C22H23ClN2O2/c23-19-8-4-3-7-17(19)13-21(26)24-18-10-9-15-11-12-25(20(15)14-18)22(27)16-5-1-2-6-16/h3-4,7-10,14,16H,1-2,5-6,11-13H2,(H,24,26). The lowest BCUT2D eigenvalue weighted by Gasteiger charge is -2.21. The van der Waals surface area contributed by atoms with Crippen molar-refractivity contribution in [3.05, 3.63) is 58.6 Å². The Bertz CT molecular complexity index is 874. The minimum Gasteiger partial charge on any atom is -0.326 e. The predicted octanol–water partition coefficient (Wildman–Crippen LogP) is 4.60. The maximum absolute atomic E-state index is 12.8. The van der Waals surface area contributed by atoms with Gasteiger partial charge in [-0.05, 0) is 48.6 Å². The first-order valence-corrected chi connectivity index (χ1v) is 9.97. The molecule has 0 saturated heterocycles. The van der Waals surface area contributed by atoms with Crippen molar-refractivity contribution in [2.24, 2.45) is 5.92 Å². The van der Waals surface area contributed by atoms with E-state index in [4.69, 9.17) is 11.6 Å². The van der Waals surface area contributed by atoms with E-state index in [1.54, 1.807) is 6.07 Å². The third-order valence-electron chi connectivity index (χ3n) is 5.54. The van der Waals surface area contributed by atoms with E-state index >= 15 is 0 Å². The molecule has 0 spiro atoms. The fourth-order valence-electron chi connectivity index (χ4n) is 4.10. The van der Waals surface area contributed by atoms with Gasteiger partial charge in [0.2, 0.25) is 11.8 Å². The summed E-state index contributed by atoms with van der Waals surface area (Å²) in [5, 5.41) is 3.53. The lowest BCUT2D eigenvalue weighted by atomic mass is 10.1. The fraction of sp³-hybridized carbons (Fsp3) is 0.364. The normalized spacial score (nSPS) is 16.4. The molecule has 4 nitrogen and oxygen atoms in total. The molecule has 4 rings (SSSR count). The van der Waals surface area contributed by atoms with Gasteiger partial charge in [-0.15, -0.1) is 0 Å². The van der Waals surface area contributed by atoms with Gasteiger partial charge in [0.1, 0.15) is 0 Å².